The highest BCUT2D eigenvalue weighted by molar-refractivity contribution is 7.89. The lowest BCUT2D eigenvalue weighted by Gasteiger charge is -2.36. The molecule has 0 bridgehead atoms. The Morgan fingerprint density at radius 3 is 2.71 bits per heavy atom. The summed E-state index contributed by atoms with van der Waals surface area (Å²) in [4.78, 5) is 0.0796. The van der Waals surface area contributed by atoms with Crippen LogP contribution in [0.5, 0.6) is 0 Å². The SMILES string of the molecule is CC(O)CN(C1CCC(C)CC1)S(=O)(=O)c1ccccc1NC=C(C#N)c1nn[nH]n1. The van der Waals surface area contributed by atoms with E-state index in [4.69, 9.17) is 0 Å². The first-order valence-corrected chi connectivity index (χ1v) is 11.7. The van der Waals surface area contributed by atoms with Gasteiger partial charge in [0.25, 0.3) is 0 Å². The van der Waals surface area contributed by atoms with Gasteiger partial charge in [-0.25, -0.2) is 8.42 Å². The molecule has 1 atom stereocenters. The van der Waals surface area contributed by atoms with Crippen LogP contribution in [0.15, 0.2) is 35.4 Å². The van der Waals surface area contributed by atoms with Gasteiger partial charge in [-0.1, -0.05) is 19.1 Å². The number of rotatable bonds is 8. The molecule has 1 fully saturated rings. The summed E-state index contributed by atoms with van der Waals surface area (Å²) in [6, 6.07) is 8.30. The molecule has 1 unspecified atom stereocenters. The number of allylic oxidation sites excluding steroid dienone is 1. The van der Waals surface area contributed by atoms with Crippen LogP contribution in [-0.2, 0) is 10.0 Å². The van der Waals surface area contributed by atoms with Gasteiger partial charge in [-0.2, -0.15) is 14.8 Å². The van der Waals surface area contributed by atoms with Gasteiger partial charge in [-0.15, -0.1) is 10.2 Å². The fourth-order valence-electron chi connectivity index (χ4n) is 3.74. The molecule has 3 rings (SSSR count). The summed E-state index contributed by atoms with van der Waals surface area (Å²) < 4.78 is 28.8. The number of hydrogen-bond donors (Lipinski definition) is 3. The van der Waals surface area contributed by atoms with Gasteiger partial charge in [0, 0.05) is 18.8 Å². The van der Waals surface area contributed by atoms with Crippen LogP contribution in [0.1, 0.15) is 45.4 Å². The van der Waals surface area contributed by atoms with E-state index in [0.717, 1.165) is 25.7 Å². The molecule has 0 aliphatic heterocycles. The molecule has 1 aromatic heterocycles. The number of aliphatic hydroxyl groups excluding tert-OH is 1. The minimum Gasteiger partial charge on any atom is -0.392 e. The Kier molecular flexibility index (Phi) is 7.37. The zero-order valence-corrected chi connectivity index (χ0v) is 18.4. The first kappa shape index (κ1) is 22.9. The lowest BCUT2D eigenvalue weighted by atomic mass is 9.87. The highest BCUT2D eigenvalue weighted by atomic mass is 32.2. The second-order valence-electron chi connectivity index (χ2n) is 7.88. The first-order chi connectivity index (χ1) is 14.8. The van der Waals surface area contributed by atoms with Crippen LogP contribution < -0.4 is 5.32 Å². The lowest BCUT2D eigenvalue weighted by molar-refractivity contribution is 0.130. The Labute approximate surface area is 182 Å². The summed E-state index contributed by atoms with van der Waals surface area (Å²) in [5.74, 6) is 0.670. The van der Waals surface area contributed by atoms with Crippen LogP contribution in [0.25, 0.3) is 5.57 Å². The molecule has 1 heterocycles. The van der Waals surface area contributed by atoms with Crippen molar-refractivity contribution in [1.29, 1.82) is 5.26 Å². The maximum Gasteiger partial charge on any atom is 0.245 e. The predicted octanol–water partition coefficient (Wildman–Crippen LogP) is 2.13. The van der Waals surface area contributed by atoms with Crippen molar-refractivity contribution < 1.29 is 13.5 Å². The van der Waals surface area contributed by atoms with Gasteiger partial charge in [0.15, 0.2) is 0 Å². The molecule has 0 amide bonds. The molecular formula is C20H27N7O3S. The van der Waals surface area contributed by atoms with Crippen LogP contribution in [0.4, 0.5) is 5.69 Å². The number of nitriles is 1. The van der Waals surface area contributed by atoms with Crippen molar-refractivity contribution in [3.63, 3.8) is 0 Å². The number of tetrazole rings is 1. The molecule has 10 nitrogen and oxygen atoms in total. The minimum atomic E-state index is -3.90. The van der Waals surface area contributed by atoms with Crippen molar-refractivity contribution in [3.05, 3.63) is 36.3 Å². The van der Waals surface area contributed by atoms with E-state index in [1.807, 2.05) is 6.07 Å². The van der Waals surface area contributed by atoms with E-state index >= 15 is 0 Å². The van der Waals surface area contributed by atoms with E-state index in [0.29, 0.717) is 11.6 Å². The molecule has 1 aliphatic carbocycles. The second-order valence-corrected chi connectivity index (χ2v) is 9.74. The molecule has 1 aromatic carbocycles. The largest absolute Gasteiger partial charge is 0.392 e. The molecule has 0 saturated heterocycles. The number of aliphatic hydroxyl groups is 1. The molecule has 11 heteroatoms. The number of anilines is 1. The molecule has 3 N–H and O–H groups in total. The predicted molar refractivity (Wildman–Crippen MR) is 115 cm³/mol. The van der Waals surface area contributed by atoms with Gasteiger partial charge in [0.2, 0.25) is 15.8 Å². The Hall–Kier alpha value is -2.81. The Morgan fingerprint density at radius 1 is 1.39 bits per heavy atom. The van der Waals surface area contributed by atoms with Crippen molar-refractivity contribution in [3.8, 4) is 6.07 Å². The summed E-state index contributed by atoms with van der Waals surface area (Å²) in [7, 11) is -3.90. The molecule has 0 radical (unpaired) electrons. The van der Waals surface area contributed by atoms with Crippen molar-refractivity contribution in [2.45, 2.75) is 56.6 Å². The molecule has 2 aromatic rings. The summed E-state index contributed by atoms with van der Waals surface area (Å²) >= 11 is 0. The topological polar surface area (TPSA) is 148 Å². The van der Waals surface area contributed by atoms with E-state index in [1.165, 1.54) is 16.6 Å². The monoisotopic (exact) mass is 445 g/mol. The fraction of sp³-hybridized carbons (Fsp3) is 0.500. The van der Waals surface area contributed by atoms with Crippen LogP contribution in [0, 0.1) is 17.2 Å². The fourth-order valence-corrected chi connectivity index (χ4v) is 5.67. The standard InChI is InChI=1S/C20H27N7O3S/c1-14-7-9-17(10-8-14)27(13-15(2)28)31(29,30)19-6-4-3-5-18(19)22-12-16(11-21)20-23-25-26-24-20/h3-6,12,14-15,17,22,28H,7-10,13H2,1-2H3,(H,23,24,25,26). The van der Waals surface area contributed by atoms with Gasteiger partial charge in [0.1, 0.15) is 16.5 Å². The number of nitrogens with one attached hydrogen (secondary N) is 2. The Bertz CT molecular complexity index is 1040. The van der Waals surface area contributed by atoms with Crippen LogP contribution >= 0.6 is 0 Å². The number of para-hydroxylation sites is 1. The maximum atomic E-state index is 13.7. The molecular weight excluding hydrogens is 418 g/mol. The molecule has 1 saturated carbocycles. The normalized spacial score (nSPS) is 20.9. The van der Waals surface area contributed by atoms with Gasteiger partial charge in [0.05, 0.1) is 11.8 Å². The average Bonchev–Trinajstić information content (AvgIpc) is 3.28. The molecule has 31 heavy (non-hydrogen) atoms. The zero-order valence-electron chi connectivity index (χ0n) is 17.6. The number of H-pyrrole nitrogens is 1. The van der Waals surface area contributed by atoms with Gasteiger partial charge in [-0.05, 0) is 55.9 Å². The Morgan fingerprint density at radius 2 is 2.10 bits per heavy atom. The number of aromatic nitrogens is 4. The third-order valence-electron chi connectivity index (χ3n) is 5.39. The number of nitrogens with zero attached hydrogens (tertiary/aromatic N) is 5. The van der Waals surface area contributed by atoms with Gasteiger partial charge >= 0.3 is 0 Å². The van der Waals surface area contributed by atoms with Crippen molar-refractivity contribution in [2.24, 2.45) is 5.92 Å². The summed E-state index contributed by atoms with van der Waals surface area (Å²) in [6.07, 6.45) is 3.99. The lowest BCUT2D eigenvalue weighted by Crippen LogP contribution is -2.45. The summed E-state index contributed by atoms with van der Waals surface area (Å²) in [6.45, 7) is 3.79. The number of hydrogen-bond acceptors (Lipinski definition) is 8. The van der Waals surface area contributed by atoms with Crippen LogP contribution in [0.3, 0.4) is 0 Å². The third-order valence-corrected chi connectivity index (χ3v) is 7.37. The highest BCUT2D eigenvalue weighted by Crippen LogP contribution is 2.33. The van der Waals surface area contributed by atoms with E-state index in [1.54, 1.807) is 25.1 Å². The van der Waals surface area contributed by atoms with Crippen molar-refractivity contribution >= 4 is 21.3 Å². The van der Waals surface area contributed by atoms with Crippen molar-refractivity contribution in [2.75, 3.05) is 11.9 Å². The minimum absolute atomic E-state index is 0.0257. The average molecular weight is 446 g/mol. The number of sulfonamides is 1. The van der Waals surface area contributed by atoms with E-state index < -0.39 is 16.1 Å². The number of aromatic amines is 1. The van der Waals surface area contributed by atoms with Gasteiger partial charge < -0.3 is 10.4 Å². The van der Waals surface area contributed by atoms with Crippen LogP contribution in [0.2, 0.25) is 0 Å². The quantitative estimate of drug-likeness (QED) is 0.523. The zero-order chi connectivity index (χ0) is 22.4. The Balaban J connectivity index is 1.93. The van der Waals surface area contributed by atoms with E-state index in [-0.39, 0.29) is 28.9 Å². The van der Waals surface area contributed by atoms with Gasteiger partial charge in [-0.3, -0.25) is 0 Å². The molecule has 0 spiro atoms. The summed E-state index contributed by atoms with van der Waals surface area (Å²) in [5, 5.41) is 35.5. The third kappa shape index (κ3) is 5.46. The smallest absolute Gasteiger partial charge is 0.245 e. The number of benzene rings is 1. The van der Waals surface area contributed by atoms with Crippen LogP contribution in [-0.4, -0.2) is 57.1 Å². The highest BCUT2D eigenvalue weighted by Gasteiger charge is 2.35. The molecule has 166 valence electrons. The molecule has 1 aliphatic rings. The van der Waals surface area contributed by atoms with Crippen molar-refractivity contribution in [1.82, 2.24) is 24.9 Å². The maximum absolute atomic E-state index is 13.7. The summed E-state index contributed by atoms with van der Waals surface area (Å²) in [5.41, 5.74) is 0.418. The van der Waals surface area contributed by atoms with E-state index in [2.05, 4.69) is 32.9 Å². The van der Waals surface area contributed by atoms with E-state index in [9.17, 15) is 18.8 Å². The first-order valence-electron chi connectivity index (χ1n) is 10.2. The second kappa shape index (κ2) is 10.00.